The number of unbranched alkanes of at least 4 members (excludes halogenated alkanes) is 1. The van der Waals surface area contributed by atoms with E-state index in [0.717, 1.165) is 34.7 Å². The molecule has 37 heavy (non-hydrogen) atoms. The van der Waals surface area contributed by atoms with Crippen molar-refractivity contribution >= 4 is 39.9 Å². The number of anilines is 1. The van der Waals surface area contributed by atoms with Crippen molar-refractivity contribution in [3.63, 3.8) is 0 Å². The second kappa shape index (κ2) is 11.3. The molecule has 1 atom stereocenters. The van der Waals surface area contributed by atoms with Crippen LogP contribution in [-0.2, 0) is 24.2 Å². The maximum absolute atomic E-state index is 13.4. The Balaban J connectivity index is 1.67. The molecule has 196 valence electrons. The van der Waals surface area contributed by atoms with E-state index < -0.39 is 16.8 Å². The van der Waals surface area contributed by atoms with Gasteiger partial charge in [-0.15, -0.1) is 16.4 Å². The third-order valence-electron chi connectivity index (χ3n) is 5.96. The largest absolute Gasteiger partial charge is 0.351 e. The molecule has 1 N–H and O–H groups in total. The Morgan fingerprint density at radius 3 is 2.43 bits per heavy atom. The number of aromatic nitrogens is 3. The zero-order valence-corrected chi connectivity index (χ0v) is 23.7. The van der Waals surface area contributed by atoms with Crippen LogP contribution in [0.5, 0.6) is 0 Å². The van der Waals surface area contributed by atoms with Gasteiger partial charge in [0.25, 0.3) is 11.3 Å². The fourth-order valence-corrected chi connectivity index (χ4v) is 6.15. The molecule has 0 radical (unpaired) electrons. The van der Waals surface area contributed by atoms with Gasteiger partial charge in [-0.1, -0.05) is 61.3 Å². The molecule has 2 aromatic carbocycles. The SMILES string of the molecule is CCCCc1nn(-c2ccccc2Cl)c(=O)n1Cc1ccc(-c2sccc2N(S(=O)O)C(C)(C)C)cc1. The fourth-order valence-electron chi connectivity index (χ4n) is 4.20. The van der Waals surface area contributed by atoms with Crippen LogP contribution in [0.4, 0.5) is 5.69 Å². The Kier molecular flexibility index (Phi) is 8.38. The van der Waals surface area contributed by atoms with Crippen LogP contribution in [0.15, 0.2) is 64.8 Å². The summed E-state index contributed by atoms with van der Waals surface area (Å²) >= 11 is 5.72. The topological polar surface area (TPSA) is 80.4 Å². The van der Waals surface area contributed by atoms with E-state index in [2.05, 4.69) is 12.0 Å². The quantitative estimate of drug-likeness (QED) is 0.236. The molecule has 0 aliphatic carbocycles. The molecule has 0 saturated heterocycles. The Hall–Kier alpha value is -2.72. The molecular weight excluding hydrogens is 528 g/mol. The predicted molar refractivity (Wildman–Crippen MR) is 153 cm³/mol. The van der Waals surface area contributed by atoms with Crippen molar-refractivity contribution in [3.8, 4) is 16.1 Å². The van der Waals surface area contributed by atoms with Crippen molar-refractivity contribution in [1.82, 2.24) is 14.3 Å². The number of hydrogen-bond donors (Lipinski definition) is 1. The molecule has 0 aliphatic heterocycles. The highest BCUT2D eigenvalue weighted by Crippen LogP contribution is 2.39. The molecule has 4 aromatic rings. The van der Waals surface area contributed by atoms with Crippen LogP contribution in [0.25, 0.3) is 16.1 Å². The van der Waals surface area contributed by atoms with Gasteiger partial charge in [0, 0.05) is 12.0 Å². The number of aryl methyl sites for hydroxylation is 1. The number of nitrogens with zero attached hydrogens (tertiary/aromatic N) is 4. The number of halogens is 1. The van der Waals surface area contributed by atoms with Gasteiger partial charge in [0.1, 0.15) is 5.82 Å². The minimum Gasteiger partial charge on any atom is -0.289 e. The first-order chi connectivity index (χ1) is 17.6. The molecule has 0 saturated carbocycles. The number of rotatable bonds is 9. The lowest BCUT2D eigenvalue weighted by Crippen LogP contribution is -2.42. The molecule has 0 aliphatic rings. The number of hydrogen-bond acceptors (Lipinski definition) is 4. The third kappa shape index (κ3) is 5.90. The van der Waals surface area contributed by atoms with Gasteiger partial charge < -0.3 is 0 Å². The smallest absolute Gasteiger partial charge is 0.289 e. The Labute approximate surface area is 228 Å². The number of benzene rings is 2. The van der Waals surface area contributed by atoms with Crippen molar-refractivity contribution in [2.75, 3.05) is 4.31 Å². The molecule has 0 spiro atoms. The van der Waals surface area contributed by atoms with E-state index in [-0.39, 0.29) is 5.69 Å². The van der Waals surface area contributed by atoms with E-state index in [0.29, 0.717) is 29.4 Å². The van der Waals surface area contributed by atoms with Crippen molar-refractivity contribution in [2.45, 2.75) is 59.0 Å². The first-order valence-electron chi connectivity index (χ1n) is 12.1. The van der Waals surface area contributed by atoms with Gasteiger partial charge in [0.2, 0.25) is 0 Å². The number of thiophene rings is 1. The molecule has 1 unspecified atom stereocenters. The summed E-state index contributed by atoms with van der Waals surface area (Å²) in [4.78, 5) is 14.3. The molecule has 7 nitrogen and oxygen atoms in total. The number of para-hydroxylation sites is 1. The summed E-state index contributed by atoms with van der Waals surface area (Å²) in [7, 11) is 0. The average Bonchev–Trinajstić information content (AvgIpc) is 3.42. The third-order valence-corrected chi connectivity index (χ3v) is 8.29. The first-order valence-corrected chi connectivity index (χ1v) is 14.5. The summed E-state index contributed by atoms with van der Waals surface area (Å²) in [5.41, 5.74) is 2.42. The summed E-state index contributed by atoms with van der Waals surface area (Å²) in [6.07, 6.45) is 2.62. The molecule has 10 heteroatoms. The summed E-state index contributed by atoms with van der Waals surface area (Å²) in [6.45, 7) is 8.21. The van der Waals surface area contributed by atoms with Crippen molar-refractivity contribution in [3.05, 3.63) is 86.9 Å². The molecule has 2 heterocycles. The summed E-state index contributed by atoms with van der Waals surface area (Å²) in [5.74, 6) is 0.725. The van der Waals surface area contributed by atoms with Crippen LogP contribution >= 0.6 is 22.9 Å². The van der Waals surface area contributed by atoms with Gasteiger partial charge in [0.15, 0.2) is 0 Å². The van der Waals surface area contributed by atoms with Gasteiger partial charge >= 0.3 is 5.69 Å². The minimum atomic E-state index is -2.16. The molecule has 0 amide bonds. The maximum Gasteiger partial charge on any atom is 0.351 e. The lowest BCUT2D eigenvalue weighted by Gasteiger charge is -2.33. The standard InChI is InChI=1S/C27H31ClN4O3S2/c1-5-6-11-24-29-31(22-10-8-7-9-21(22)28)26(33)30(24)18-19-12-14-20(15-13-19)25-23(16-17-36-25)32(37(34)35)27(2,3)4/h7-10,12-17H,5-6,11,18H2,1-4H3,(H,34,35). The zero-order chi connectivity index (χ0) is 26.7. The van der Waals surface area contributed by atoms with Crippen LogP contribution in [0.3, 0.4) is 0 Å². The molecule has 2 aromatic heterocycles. The van der Waals surface area contributed by atoms with E-state index in [4.69, 9.17) is 11.6 Å². The molecule has 4 rings (SSSR count). The van der Waals surface area contributed by atoms with Crippen molar-refractivity contribution in [1.29, 1.82) is 0 Å². The highest BCUT2D eigenvalue weighted by Gasteiger charge is 2.29. The highest BCUT2D eigenvalue weighted by atomic mass is 35.5. The first kappa shape index (κ1) is 27.3. The van der Waals surface area contributed by atoms with Gasteiger partial charge in [-0.25, -0.2) is 9.00 Å². The summed E-state index contributed by atoms with van der Waals surface area (Å²) in [5, 5.41) is 7.03. The second-order valence-corrected chi connectivity index (χ2v) is 11.9. The van der Waals surface area contributed by atoms with Crippen molar-refractivity contribution in [2.24, 2.45) is 0 Å². The second-order valence-electron chi connectivity index (χ2n) is 9.78. The zero-order valence-electron chi connectivity index (χ0n) is 21.3. The molecular formula is C27H31ClN4O3S2. The van der Waals surface area contributed by atoms with Gasteiger partial charge in [-0.3, -0.25) is 13.4 Å². The Bertz CT molecular complexity index is 1450. The van der Waals surface area contributed by atoms with Crippen LogP contribution in [-0.4, -0.2) is 28.6 Å². The van der Waals surface area contributed by atoms with E-state index in [1.165, 1.54) is 20.3 Å². The summed E-state index contributed by atoms with van der Waals surface area (Å²) in [6, 6.07) is 17.0. The van der Waals surface area contributed by atoms with Crippen LogP contribution < -0.4 is 9.99 Å². The maximum atomic E-state index is 13.4. The van der Waals surface area contributed by atoms with Crippen molar-refractivity contribution < 1.29 is 8.76 Å². The Morgan fingerprint density at radius 2 is 1.81 bits per heavy atom. The van der Waals surface area contributed by atoms with Crippen LogP contribution in [0.2, 0.25) is 5.02 Å². The van der Waals surface area contributed by atoms with Gasteiger partial charge in [-0.2, -0.15) is 4.68 Å². The van der Waals surface area contributed by atoms with Crippen LogP contribution in [0.1, 0.15) is 51.9 Å². The normalized spacial score (nSPS) is 12.6. The van der Waals surface area contributed by atoms with Gasteiger partial charge in [-0.05, 0) is 61.9 Å². The monoisotopic (exact) mass is 558 g/mol. The van der Waals surface area contributed by atoms with Gasteiger partial charge in [0.05, 0.1) is 27.8 Å². The summed E-state index contributed by atoms with van der Waals surface area (Å²) < 4.78 is 26.7. The fraction of sp³-hybridized carbons (Fsp3) is 0.333. The van der Waals surface area contributed by atoms with E-state index in [1.807, 2.05) is 68.6 Å². The minimum absolute atomic E-state index is 0.227. The predicted octanol–water partition coefficient (Wildman–Crippen LogP) is 6.55. The lowest BCUT2D eigenvalue weighted by molar-refractivity contribution is 0.515. The molecule has 0 fully saturated rings. The Morgan fingerprint density at radius 1 is 1.11 bits per heavy atom. The van der Waals surface area contributed by atoms with E-state index in [9.17, 15) is 13.6 Å². The van der Waals surface area contributed by atoms with E-state index in [1.54, 1.807) is 16.7 Å². The van der Waals surface area contributed by atoms with Crippen LogP contribution in [0, 0.1) is 0 Å². The van der Waals surface area contributed by atoms with E-state index >= 15 is 0 Å². The lowest BCUT2D eigenvalue weighted by atomic mass is 10.1. The molecule has 0 bridgehead atoms. The highest BCUT2D eigenvalue weighted by molar-refractivity contribution is 7.80. The average molecular weight is 559 g/mol.